The lowest BCUT2D eigenvalue weighted by atomic mass is 9.92. The van der Waals surface area contributed by atoms with Crippen molar-refractivity contribution in [2.24, 2.45) is 0 Å². The maximum Gasteiger partial charge on any atom is 0.150 e. The molecule has 3 heteroatoms. The van der Waals surface area contributed by atoms with Gasteiger partial charge in [-0.15, -0.1) is 0 Å². The smallest absolute Gasteiger partial charge is 0.150 e. The molecular formula is C11H13NO2. The minimum absolute atomic E-state index is 0.238. The molecule has 14 heavy (non-hydrogen) atoms. The minimum atomic E-state index is -0.948. The van der Waals surface area contributed by atoms with Gasteiger partial charge in [0.15, 0.2) is 0 Å². The van der Waals surface area contributed by atoms with Crippen molar-refractivity contribution in [3.05, 3.63) is 35.4 Å². The third kappa shape index (κ3) is 1.56. The topological polar surface area (TPSA) is 49.3 Å². The quantitative estimate of drug-likeness (QED) is 0.667. The molecular weight excluding hydrogens is 178 g/mol. The summed E-state index contributed by atoms with van der Waals surface area (Å²) >= 11 is 0. The number of hydrogen-bond acceptors (Lipinski definition) is 3. The number of aliphatic hydroxyl groups is 1. The van der Waals surface area contributed by atoms with Crippen molar-refractivity contribution in [2.75, 3.05) is 6.54 Å². The molecule has 1 aromatic rings. The molecule has 3 nitrogen and oxygen atoms in total. The van der Waals surface area contributed by atoms with Crippen LogP contribution in [0.2, 0.25) is 0 Å². The molecule has 0 fully saturated rings. The Labute approximate surface area is 82.8 Å². The van der Waals surface area contributed by atoms with Gasteiger partial charge in [0.05, 0.1) is 6.04 Å². The van der Waals surface area contributed by atoms with Crippen molar-refractivity contribution >= 4 is 6.29 Å². The Morgan fingerprint density at radius 3 is 3.07 bits per heavy atom. The predicted molar refractivity (Wildman–Crippen MR) is 53.0 cm³/mol. The van der Waals surface area contributed by atoms with Gasteiger partial charge in [-0.2, -0.15) is 0 Å². The second-order valence-electron chi connectivity index (χ2n) is 3.51. The van der Waals surface area contributed by atoms with E-state index in [2.05, 4.69) is 5.32 Å². The molecule has 74 valence electrons. The highest BCUT2D eigenvalue weighted by Gasteiger charge is 2.25. The standard InChI is InChI=1S/C11H13NO2/c13-7-10(14)11-9-4-2-1-3-8(9)5-6-12-11/h1-4,7,10-12,14H,5-6H2. The SMILES string of the molecule is O=CC(O)C1NCCc2ccccc21. The van der Waals surface area contributed by atoms with E-state index in [1.807, 2.05) is 24.3 Å². The summed E-state index contributed by atoms with van der Waals surface area (Å²) in [5.41, 5.74) is 2.26. The van der Waals surface area contributed by atoms with Crippen molar-refractivity contribution in [1.82, 2.24) is 5.32 Å². The molecule has 2 rings (SSSR count). The molecule has 1 aliphatic heterocycles. The highest BCUT2D eigenvalue weighted by atomic mass is 16.3. The first kappa shape index (κ1) is 9.37. The van der Waals surface area contributed by atoms with Gasteiger partial charge in [0.25, 0.3) is 0 Å². The molecule has 0 aliphatic carbocycles. The molecule has 2 unspecified atom stereocenters. The third-order valence-corrected chi connectivity index (χ3v) is 2.63. The van der Waals surface area contributed by atoms with E-state index in [-0.39, 0.29) is 6.04 Å². The molecule has 1 heterocycles. The zero-order valence-electron chi connectivity index (χ0n) is 7.81. The van der Waals surface area contributed by atoms with Gasteiger partial charge in [-0.05, 0) is 24.1 Å². The summed E-state index contributed by atoms with van der Waals surface area (Å²) in [6.45, 7) is 0.812. The molecule has 0 amide bonds. The summed E-state index contributed by atoms with van der Waals surface area (Å²) in [6, 6.07) is 7.67. The Morgan fingerprint density at radius 2 is 2.29 bits per heavy atom. The van der Waals surface area contributed by atoms with E-state index in [0.717, 1.165) is 18.5 Å². The van der Waals surface area contributed by atoms with Crippen molar-refractivity contribution in [3.8, 4) is 0 Å². The Kier molecular flexibility index (Phi) is 2.61. The van der Waals surface area contributed by atoms with E-state index in [9.17, 15) is 9.90 Å². The Morgan fingerprint density at radius 1 is 1.50 bits per heavy atom. The van der Waals surface area contributed by atoms with E-state index in [0.29, 0.717) is 6.29 Å². The van der Waals surface area contributed by atoms with Crippen LogP contribution in [0.4, 0.5) is 0 Å². The summed E-state index contributed by atoms with van der Waals surface area (Å²) in [5, 5.41) is 12.6. The van der Waals surface area contributed by atoms with E-state index in [4.69, 9.17) is 0 Å². The molecule has 0 aromatic heterocycles. The van der Waals surface area contributed by atoms with Crippen LogP contribution in [0.15, 0.2) is 24.3 Å². The number of aliphatic hydroxyl groups excluding tert-OH is 1. The first-order chi connectivity index (χ1) is 6.83. The molecule has 0 saturated heterocycles. The summed E-state index contributed by atoms with van der Waals surface area (Å²) in [4.78, 5) is 10.5. The van der Waals surface area contributed by atoms with E-state index >= 15 is 0 Å². The van der Waals surface area contributed by atoms with Crippen LogP contribution in [0, 0.1) is 0 Å². The number of benzene rings is 1. The van der Waals surface area contributed by atoms with Gasteiger partial charge in [-0.3, -0.25) is 0 Å². The van der Waals surface area contributed by atoms with Gasteiger partial charge >= 0.3 is 0 Å². The van der Waals surface area contributed by atoms with Gasteiger partial charge in [-0.25, -0.2) is 0 Å². The number of carbonyl (C=O) groups is 1. The number of fused-ring (bicyclic) bond motifs is 1. The zero-order valence-corrected chi connectivity index (χ0v) is 7.81. The molecule has 0 bridgehead atoms. The van der Waals surface area contributed by atoms with Crippen LogP contribution in [0.3, 0.4) is 0 Å². The van der Waals surface area contributed by atoms with Gasteiger partial charge in [-0.1, -0.05) is 24.3 Å². The van der Waals surface area contributed by atoms with Crippen LogP contribution in [0.25, 0.3) is 0 Å². The Bertz CT molecular complexity index is 338. The predicted octanol–water partition coefficient (Wildman–Crippen LogP) is 0.433. The number of nitrogens with one attached hydrogen (secondary N) is 1. The first-order valence-electron chi connectivity index (χ1n) is 4.77. The monoisotopic (exact) mass is 191 g/mol. The van der Waals surface area contributed by atoms with Crippen molar-refractivity contribution < 1.29 is 9.90 Å². The number of carbonyl (C=O) groups excluding carboxylic acids is 1. The average Bonchev–Trinajstić information content (AvgIpc) is 2.27. The minimum Gasteiger partial charge on any atom is -0.384 e. The van der Waals surface area contributed by atoms with Crippen molar-refractivity contribution in [1.29, 1.82) is 0 Å². The summed E-state index contributed by atoms with van der Waals surface area (Å²) < 4.78 is 0. The zero-order chi connectivity index (χ0) is 9.97. The molecule has 1 aliphatic rings. The Balaban J connectivity index is 2.35. The molecule has 0 saturated carbocycles. The first-order valence-corrected chi connectivity index (χ1v) is 4.77. The fourth-order valence-electron chi connectivity index (χ4n) is 1.92. The summed E-state index contributed by atoms with van der Waals surface area (Å²) in [5.74, 6) is 0. The van der Waals surface area contributed by atoms with Gasteiger partial charge in [0.1, 0.15) is 12.4 Å². The summed E-state index contributed by atoms with van der Waals surface area (Å²) in [6.07, 6.45) is 0.592. The normalized spacial score (nSPS) is 22.5. The fraction of sp³-hybridized carbons (Fsp3) is 0.364. The molecule has 1 aromatic carbocycles. The lowest BCUT2D eigenvalue weighted by Crippen LogP contribution is -2.38. The van der Waals surface area contributed by atoms with E-state index in [1.54, 1.807) is 0 Å². The lowest BCUT2D eigenvalue weighted by molar-refractivity contribution is -0.116. The van der Waals surface area contributed by atoms with Gasteiger partial charge in [0, 0.05) is 0 Å². The second kappa shape index (κ2) is 3.90. The van der Waals surface area contributed by atoms with Crippen LogP contribution < -0.4 is 5.32 Å². The average molecular weight is 191 g/mol. The third-order valence-electron chi connectivity index (χ3n) is 2.63. The highest BCUT2D eigenvalue weighted by molar-refractivity contribution is 5.58. The maximum atomic E-state index is 10.5. The fourth-order valence-corrected chi connectivity index (χ4v) is 1.92. The van der Waals surface area contributed by atoms with E-state index < -0.39 is 6.10 Å². The van der Waals surface area contributed by atoms with Crippen LogP contribution >= 0.6 is 0 Å². The highest BCUT2D eigenvalue weighted by Crippen LogP contribution is 2.24. The molecule has 2 atom stereocenters. The van der Waals surface area contributed by atoms with Crippen LogP contribution in [-0.4, -0.2) is 24.0 Å². The maximum absolute atomic E-state index is 10.5. The number of rotatable bonds is 2. The number of hydrogen-bond donors (Lipinski definition) is 2. The van der Waals surface area contributed by atoms with Crippen LogP contribution in [-0.2, 0) is 11.2 Å². The Hall–Kier alpha value is -1.19. The van der Waals surface area contributed by atoms with Crippen LogP contribution in [0.1, 0.15) is 17.2 Å². The molecule has 0 radical (unpaired) electrons. The van der Waals surface area contributed by atoms with Gasteiger partial charge in [0.2, 0.25) is 0 Å². The summed E-state index contributed by atoms with van der Waals surface area (Å²) in [7, 11) is 0. The lowest BCUT2D eigenvalue weighted by Gasteiger charge is -2.28. The van der Waals surface area contributed by atoms with Crippen molar-refractivity contribution in [2.45, 2.75) is 18.6 Å². The largest absolute Gasteiger partial charge is 0.384 e. The number of aldehydes is 1. The second-order valence-corrected chi connectivity index (χ2v) is 3.51. The molecule has 2 N–H and O–H groups in total. The van der Waals surface area contributed by atoms with Crippen molar-refractivity contribution in [3.63, 3.8) is 0 Å². The van der Waals surface area contributed by atoms with Gasteiger partial charge < -0.3 is 15.2 Å². The van der Waals surface area contributed by atoms with Crippen LogP contribution in [0.5, 0.6) is 0 Å². The molecule has 0 spiro atoms. The van der Waals surface area contributed by atoms with E-state index in [1.165, 1.54) is 5.56 Å².